The minimum absolute atomic E-state index is 0.00560. The summed E-state index contributed by atoms with van der Waals surface area (Å²) in [5.41, 5.74) is 3.00. The Labute approximate surface area is 167 Å². The Morgan fingerprint density at radius 3 is 2.50 bits per heavy atom. The van der Waals surface area contributed by atoms with E-state index in [1.165, 1.54) is 5.56 Å². The van der Waals surface area contributed by atoms with E-state index in [9.17, 15) is 9.59 Å². The standard InChI is InChI=1S/C23H29N3O2/c1-18-6-5-9-20(16-18)23(28)24-13-10-22(27)25-21-11-14-26(15-12-21)17-19-7-3-2-4-8-19/h2-9,16,21H,10-15,17H2,1H3,(H,24,28)(H,25,27). The molecule has 2 amide bonds. The molecule has 148 valence electrons. The molecule has 0 aromatic heterocycles. The van der Waals surface area contributed by atoms with Crippen molar-refractivity contribution in [3.63, 3.8) is 0 Å². The predicted molar refractivity (Wildman–Crippen MR) is 111 cm³/mol. The monoisotopic (exact) mass is 379 g/mol. The molecule has 2 aromatic carbocycles. The molecule has 5 nitrogen and oxygen atoms in total. The van der Waals surface area contributed by atoms with Crippen LogP contribution in [-0.2, 0) is 11.3 Å². The molecule has 1 saturated heterocycles. The number of nitrogens with zero attached hydrogens (tertiary/aromatic N) is 1. The molecule has 0 spiro atoms. The molecule has 1 aliphatic rings. The maximum absolute atomic E-state index is 12.2. The van der Waals surface area contributed by atoms with Gasteiger partial charge < -0.3 is 10.6 Å². The molecular formula is C23H29N3O2. The van der Waals surface area contributed by atoms with Gasteiger partial charge in [-0.15, -0.1) is 0 Å². The molecule has 0 radical (unpaired) electrons. The molecule has 1 heterocycles. The van der Waals surface area contributed by atoms with Gasteiger partial charge in [0.05, 0.1) is 0 Å². The highest BCUT2D eigenvalue weighted by atomic mass is 16.2. The van der Waals surface area contributed by atoms with Gasteiger partial charge in [0, 0.05) is 44.2 Å². The van der Waals surface area contributed by atoms with Crippen LogP contribution >= 0.6 is 0 Å². The summed E-state index contributed by atoms with van der Waals surface area (Å²) in [7, 11) is 0. The van der Waals surface area contributed by atoms with Crippen molar-refractivity contribution in [1.82, 2.24) is 15.5 Å². The van der Waals surface area contributed by atoms with Crippen molar-refractivity contribution in [2.45, 2.75) is 38.8 Å². The zero-order valence-electron chi connectivity index (χ0n) is 16.5. The number of amides is 2. The summed E-state index contributed by atoms with van der Waals surface area (Å²) in [6.07, 6.45) is 2.24. The summed E-state index contributed by atoms with van der Waals surface area (Å²) in [5, 5.41) is 5.93. The average Bonchev–Trinajstić information content (AvgIpc) is 2.70. The summed E-state index contributed by atoms with van der Waals surface area (Å²) in [4.78, 5) is 26.7. The van der Waals surface area contributed by atoms with Gasteiger partial charge in [-0.25, -0.2) is 0 Å². The smallest absolute Gasteiger partial charge is 0.251 e. The van der Waals surface area contributed by atoms with Crippen molar-refractivity contribution >= 4 is 11.8 Å². The molecular weight excluding hydrogens is 350 g/mol. The number of rotatable bonds is 7. The number of likely N-dealkylation sites (tertiary alicyclic amines) is 1. The molecule has 0 atom stereocenters. The van der Waals surface area contributed by atoms with E-state index in [1.807, 2.05) is 31.2 Å². The van der Waals surface area contributed by atoms with E-state index in [1.54, 1.807) is 6.07 Å². The van der Waals surface area contributed by atoms with Crippen LogP contribution in [0.3, 0.4) is 0 Å². The Morgan fingerprint density at radius 1 is 1.04 bits per heavy atom. The van der Waals surface area contributed by atoms with Crippen molar-refractivity contribution in [1.29, 1.82) is 0 Å². The van der Waals surface area contributed by atoms with Gasteiger partial charge in [0.2, 0.25) is 5.91 Å². The highest BCUT2D eigenvalue weighted by Gasteiger charge is 2.20. The first kappa shape index (κ1) is 20.1. The Kier molecular flexibility index (Phi) is 7.20. The Morgan fingerprint density at radius 2 is 1.79 bits per heavy atom. The molecule has 1 fully saturated rings. The zero-order valence-corrected chi connectivity index (χ0v) is 16.5. The van der Waals surface area contributed by atoms with E-state index < -0.39 is 0 Å². The fourth-order valence-electron chi connectivity index (χ4n) is 3.55. The van der Waals surface area contributed by atoms with E-state index in [-0.39, 0.29) is 17.9 Å². The van der Waals surface area contributed by atoms with Crippen molar-refractivity contribution in [2.24, 2.45) is 0 Å². The minimum atomic E-state index is -0.134. The van der Waals surface area contributed by atoms with Gasteiger partial charge in [0.15, 0.2) is 0 Å². The van der Waals surface area contributed by atoms with E-state index >= 15 is 0 Å². The van der Waals surface area contributed by atoms with Gasteiger partial charge in [0.25, 0.3) is 5.91 Å². The number of aryl methyl sites for hydroxylation is 1. The van der Waals surface area contributed by atoms with Crippen LogP contribution in [0.15, 0.2) is 54.6 Å². The molecule has 2 aromatic rings. The lowest BCUT2D eigenvalue weighted by molar-refractivity contribution is -0.122. The van der Waals surface area contributed by atoms with Gasteiger partial charge >= 0.3 is 0 Å². The molecule has 0 unspecified atom stereocenters. The SMILES string of the molecule is Cc1cccc(C(=O)NCCC(=O)NC2CCN(Cc3ccccc3)CC2)c1. The number of nitrogens with one attached hydrogen (secondary N) is 2. The van der Waals surface area contributed by atoms with Crippen LogP contribution in [0.2, 0.25) is 0 Å². The fraction of sp³-hybridized carbons (Fsp3) is 0.391. The van der Waals surface area contributed by atoms with Crippen LogP contribution in [-0.4, -0.2) is 42.4 Å². The summed E-state index contributed by atoms with van der Waals surface area (Å²) >= 11 is 0. The third-order valence-corrected chi connectivity index (χ3v) is 5.12. The van der Waals surface area contributed by atoms with Crippen LogP contribution < -0.4 is 10.6 Å². The molecule has 3 rings (SSSR count). The van der Waals surface area contributed by atoms with Crippen LogP contribution in [0.1, 0.15) is 40.7 Å². The van der Waals surface area contributed by atoms with Crippen molar-refractivity contribution in [3.05, 3.63) is 71.3 Å². The van der Waals surface area contributed by atoms with E-state index in [2.05, 4.69) is 39.8 Å². The molecule has 0 bridgehead atoms. The van der Waals surface area contributed by atoms with E-state index in [0.29, 0.717) is 18.5 Å². The lowest BCUT2D eigenvalue weighted by Crippen LogP contribution is -2.45. The van der Waals surface area contributed by atoms with Gasteiger partial charge in [0.1, 0.15) is 0 Å². The molecule has 2 N–H and O–H groups in total. The molecule has 1 aliphatic heterocycles. The third-order valence-electron chi connectivity index (χ3n) is 5.12. The third kappa shape index (κ3) is 6.20. The predicted octanol–water partition coefficient (Wildman–Crippen LogP) is 2.90. The van der Waals surface area contributed by atoms with Gasteiger partial charge in [-0.2, -0.15) is 0 Å². The number of hydrogen-bond donors (Lipinski definition) is 2. The Hall–Kier alpha value is -2.66. The lowest BCUT2D eigenvalue weighted by atomic mass is 10.0. The molecule has 28 heavy (non-hydrogen) atoms. The quantitative estimate of drug-likeness (QED) is 0.778. The van der Waals surface area contributed by atoms with Crippen LogP contribution in [0.4, 0.5) is 0 Å². The van der Waals surface area contributed by atoms with E-state index in [0.717, 1.165) is 38.0 Å². The average molecular weight is 380 g/mol. The largest absolute Gasteiger partial charge is 0.353 e. The van der Waals surface area contributed by atoms with Crippen molar-refractivity contribution in [3.8, 4) is 0 Å². The molecule has 0 aliphatic carbocycles. The van der Waals surface area contributed by atoms with Gasteiger partial charge in [-0.3, -0.25) is 14.5 Å². The number of carbonyl (C=O) groups is 2. The second-order valence-electron chi connectivity index (χ2n) is 7.48. The summed E-state index contributed by atoms with van der Waals surface area (Å²) in [6.45, 7) is 5.25. The Balaban J connectivity index is 1.33. The molecule has 0 saturated carbocycles. The van der Waals surface area contributed by atoms with Crippen molar-refractivity contribution < 1.29 is 9.59 Å². The number of benzene rings is 2. The first-order chi connectivity index (χ1) is 13.6. The minimum Gasteiger partial charge on any atom is -0.353 e. The molecule has 5 heteroatoms. The number of hydrogen-bond acceptors (Lipinski definition) is 3. The number of piperidine rings is 1. The Bertz CT molecular complexity index is 783. The number of carbonyl (C=O) groups excluding carboxylic acids is 2. The topological polar surface area (TPSA) is 61.4 Å². The normalized spacial score (nSPS) is 15.2. The van der Waals surface area contributed by atoms with Crippen LogP contribution in [0.25, 0.3) is 0 Å². The fourth-order valence-corrected chi connectivity index (χ4v) is 3.55. The maximum atomic E-state index is 12.2. The van der Waals surface area contributed by atoms with E-state index in [4.69, 9.17) is 0 Å². The van der Waals surface area contributed by atoms with Crippen LogP contribution in [0.5, 0.6) is 0 Å². The maximum Gasteiger partial charge on any atom is 0.251 e. The van der Waals surface area contributed by atoms with Gasteiger partial charge in [-0.05, 0) is 37.5 Å². The van der Waals surface area contributed by atoms with Crippen LogP contribution in [0, 0.1) is 6.92 Å². The zero-order chi connectivity index (χ0) is 19.8. The second-order valence-corrected chi connectivity index (χ2v) is 7.48. The highest BCUT2D eigenvalue weighted by molar-refractivity contribution is 5.94. The van der Waals surface area contributed by atoms with Gasteiger partial charge in [-0.1, -0.05) is 48.0 Å². The lowest BCUT2D eigenvalue weighted by Gasteiger charge is -2.32. The summed E-state index contributed by atoms with van der Waals surface area (Å²) in [6, 6.07) is 18.2. The first-order valence-corrected chi connectivity index (χ1v) is 10.0. The highest BCUT2D eigenvalue weighted by Crippen LogP contribution is 2.14. The first-order valence-electron chi connectivity index (χ1n) is 10.0. The van der Waals surface area contributed by atoms with Crippen molar-refractivity contribution in [2.75, 3.05) is 19.6 Å². The summed E-state index contributed by atoms with van der Waals surface area (Å²) < 4.78 is 0. The summed E-state index contributed by atoms with van der Waals surface area (Å²) in [5.74, 6) is -0.128. The second kappa shape index (κ2) is 10.0.